The highest BCUT2D eigenvalue weighted by Gasteiger charge is 2.21. The van der Waals surface area contributed by atoms with E-state index in [4.69, 9.17) is 11.6 Å². The maximum absolute atomic E-state index is 13.0. The normalized spacial score (nSPS) is 11.7. The summed E-state index contributed by atoms with van der Waals surface area (Å²) in [6.07, 6.45) is 1.98. The number of halogens is 2. The first-order valence-corrected chi connectivity index (χ1v) is 11.3. The first kappa shape index (κ1) is 23.3. The van der Waals surface area contributed by atoms with Gasteiger partial charge in [0.25, 0.3) is 0 Å². The fraction of sp³-hybridized carbons (Fsp3) is 0.381. The van der Waals surface area contributed by atoms with Gasteiger partial charge in [-0.15, -0.1) is 0 Å². The topological polar surface area (TPSA) is 66.5 Å². The Morgan fingerprint density at radius 1 is 1.10 bits per heavy atom. The molecule has 8 heteroatoms. The zero-order valence-corrected chi connectivity index (χ0v) is 18.4. The molecule has 0 aromatic heterocycles. The van der Waals surface area contributed by atoms with Crippen molar-refractivity contribution in [3.05, 3.63) is 58.4 Å². The summed E-state index contributed by atoms with van der Waals surface area (Å²) in [6, 6.07) is 8.41. The molecule has 0 aliphatic heterocycles. The van der Waals surface area contributed by atoms with Gasteiger partial charge in [0, 0.05) is 30.7 Å². The largest absolute Gasteiger partial charge is 0.326 e. The summed E-state index contributed by atoms with van der Waals surface area (Å²) < 4.78 is 39.2. The van der Waals surface area contributed by atoms with E-state index in [-0.39, 0.29) is 23.8 Å². The van der Waals surface area contributed by atoms with Crippen LogP contribution in [0.1, 0.15) is 37.8 Å². The van der Waals surface area contributed by atoms with Crippen LogP contribution in [0, 0.1) is 5.82 Å². The van der Waals surface area contributed by atoms with Crippen LogP contribution in [0.4, 0.5) is 10.1 Å². The molecular weight excluding hydrogens is 415 g/mol. The van der Waals surface area contributed by atoms with Crippen molar-refractivity contribution in [1.82, 2.24) is 4.31 Å². The van der Waals surface area contributed by atoms with E-state index in [1.165, 1.54) is 23.5 Å². The minimum Gasteiger partial charge on any atom is -0.326 e. The number of nitrogens with zero attached hydrogens (tertiary/aromatic N) is 1. The van der Waals surface area contributed by atoms with E-state index in [0.29, 0.717) is 17.9 Å². The minimum atomic E-state index is -3.72. The fourth-order valence-corrected chi connectivity index (χ4v) is 4.54. The average molecular weight is 441 g/mol. The second-order valence-corrected chi connectivity index (χ2v) is 9.15. The molecule has 158 valence electrons. The molecule has 0 unspecified atom stereocenters. The highest BCUT2D eigenvalue weighted by Crippen LogP contribution is 2.29. The van der Waals surface area contributed by atoms with Crippen LogP contribution in [-0.2, 0) is 27.7 Å². The number of rotatable bonds is 9. The Morgan fingerprint density at radius 2 is 1.76 bits per heavy atom. The average Bonchev–Trinajstić information content (AvgIpc) is 2.68. The summed E-state index contributed by atoms with van der Waals surface area (Å²) >= 11 is 6.26. The molecule has 1 N–H and O–H groups in total. The predicted molar refractivity (Wildman–Crippen MR) is 114 cm³/mol. The lowest BCUT2D eigenvalue weighted by Gasteiger charge is -2.18. The number of nitrogens with one attached hydrogen (secondary N) is 1. The highest BCUT2D eigenvalue weighted by molar-refractivity contribution is 7.89. The van der Waals surface area contributed by atoms with Crippen LogP contribution in [0.2, 0.25) is 5.02 Å². The fourth-order valence-electron chi connectivity index (χ4n) is 3.04. The van der Waals surface area contributed by atoms with Gasteiger partial charge in [-0.25, -0.2) is 17.1 Å². The summed E-state index contributed by atoms with van der Waals surface area (Å²) in [5.41, 5.74) is 2.66. The van der Waals surface area contributed by atoms with Crippen LogP contribution >= 0.6 is 11.6 Å². The molecule has 5 nitrogen and oxygen atoms in total. The van der Waals surface area contributed by atoms with Crippen molar-refractivity contribution in [2.24, 2.45) is 0 Å². The molecule has 0 saturated carbocycles. The second-order valence-electron chi connectivity index (χ2n) is 6.70. The van der Waals surface area contributed by atoms with Gasteiger partial charge in [0.05, 0.1) is 4.90 Å². The zero-order valence-electron chi connectivity index (χ0n) is 16.8. The van der Waals surface area contributed by atoms with Gasteiger partial charge < -0.3 is 5.32 Å². The molecule has 0 radical (unpaired) electrons. The third-order valence-corrected chi connectivity index (χ3v) is 6.96. The Bertz CT molecular complexity index is 963. The molecule has 0 aliphatic carbocycles. The molecule has 0 saturated heterocycles. The number of aryl methyl sites for hydroxylation is 1. The third kappa shape index (κ3) is 5.78. The molecule has 2 aromatic carbocycles. The third-order valence-electron chi connectivity index (χ3n) is 4.74. The molecular formula is C21H26ClFN2O3S. The summed E-state index contributed by atoms with van der Waals surface area (Å²) in [7, 11) is -2.28. The standard InChI is InChI=1S/C21H26ClFN2O3S/c1-4-15-8-13-19(22)18(5-2)21(15)24-20(26)7-6-14-25(3)29(27,28)17-11-9-16(23)10-12-17/h8-13H,4-7,14H2,1-3H3,(H,24,26). The molecule has 2 aromatic rings. The minimum absolute atomic E-state index is 0.0185. The molecule has 0 heterocycles. The van der Waals surface area contributed by atoms with E-state index >= 15 is 0 Å². The molecule has 1 amide bonds. The smallest absolute Gasteiger partial charge is 0.242 e. The Hall–Kier alpha value is -1.96. The zero-order chi connectivity index (χ0) is 21.6. The molecule has 0 spiro atoms. The van der Waals surface area contributed by atoms with E-state index in [1.54, 1.807) is 0 Å². The Morgan fingerprint density at radius 3 is 2.34 bits per heavy atom. The van der Waals surface area contributed by atoms with Crippen molar-refractivity contribution in [3.8, 4) is 0 Å². The number of hydrogen-bond donors (Lipinski definition) is 1. The first-order chi connectivity index (χ1) is 13.7. The number of sulfonamides is 1. The van der Waals surface area contributed by atoms with Crippen LogP contribution in [0.25, 0.3) is 0 Å². The van der Waals surface area contributed by atoms with E-state index in [1.807, 2.05) is 26.0 Å². The highest BCUT2D eigenvalue weighted by atomic mass is 35.5. The quantitative estimate of drug-likeness (QED) is 0.617. The van der Waals surface area contributed by atoms with Gasteiger partial charge in [-0.1, -0.05) is 31.5 Å². The molecule has 2 rings (SSSR count). The van der Waals surface area contributed by atoms with Crippen molar-refractivity contribution in [2.45, 2.75) is 44.4 Å². The number of benzene rings is 2. The van der Waals surface area contributed by atoms with Gasteiger partial charge in [-0.05, 0) is 60.7 Å². The maximum atomic E-state index is 13.0. The van der Waals surface area contributed by atoms with Crippen LogP contribution in [0.15, 0.2) is 41.3 Å². The molecule has 0 atom stereocenters. The van der Waals surface area contributed by atoms with E-state index in [9.17, 15) is 17.6 Å². The van der Waals surface area contributed by atoms with Gasteiger partial charge in [0.1, 0.15) is 5.82 Å². The number of amides is 1. The van der Waals surface area contributed by atoms with Crippen LogP contribution in [0.3, 0.4) is 0 Å². The lowest BCUT2D eigenvalue weighted by Crippen LogP contribution is -2.28. The van der Waals surface area contributed by atoms with E-state index in [0.717, 1.165) is 35.4 Å². The molecule has 0 bridgehead atoms. The van der Waals surface area contributed by atoms with E-state index < -0.39 is 15.8 Å². The maximum Gasteiger partial charge on any atom is 0.242 e. The number of carbonyl (C=O) groups is 1. The summed E-state index contributed by atoms with van der Waals surface area (Å²) in [5.74, 6) is -0.688. The number of hydrogen-bond acceptors (Lipinski definition) is 3. The van der Waals surface area contributed by atoms with Gasteiger partial charge in [0.2, 0.25) is 15.9 Å². The Kier molecular flexibility index (Phi) is 8.19. The van der Waals surface area contributed by atoms with Crippen LogP contribution < -0.4 is 5.32 Å². The Labute approximate surface area is 176 Å². The molecule has 0 fully saturated rings. The second kappa shape index (κ2) is 10.2. The van der Waals surface area contributed by atoms with Crippen LogP contribution in [0.5, 0.6) is 0 Å². The molecule has 29 heavy (non-hydrogen) atoms. The van der Waals surface area contributed by atoms with Crippen molar-refractivity contribution in [1.29, 1.82) is 0 Å². The lowest BCUT2D eigenvalue weighted by molar-refractivity contribution is -0.116. The summed E-state index contributed by atoms with van der Waals surface area (Å²) in [5, 5.41) is 3.56. The van der Waals surface area contributed by atoms with Gasteiger partial charge in [-0.2, -0.15) is 0 Å². The van der Waals surface area contributed by atoms with Crippen LogP contribution in [-0.4, -0.2) is 32.2 Å². The van der Waals surface area contributed by atoms with Gasteiger partial charge in [-0.3, -0.25) is 4.79 Å². The molecule has 0 aliphatic rings. The van der Waals surface area contributed by atoms with Crippen molar-refractivity contribution in [2.75, 3.05) is 18.9 Å². The number of carbonyl (C=O) groups excluding carboxylic acids is 1. The van der Waals surface area contributed by atoms with E-state index in [2.05, 4.69) is 5.32 Å². The SMILES string of the molecule is CCc1ccc(Cl)c(CC)c1NC(=O)CCCN(C)S(=O)(=O)c1ccc(F)cc1. The predicted octanol–water partition coefficient (Wildman–Crippen LogP) is 4.64. The Balaban J connectivity index is 1.98. The lowest BCUT2D eigenvalue weighted by atomic mass is 10.0. The summed E-state index contributed by atoms with van der Waals surface area (Å²) in [4.78, 5) is 12.5. The number of anilines is 1. The monoisotopic (exact) mass is 440 g/mol. The summed E-state index contributed by atoms with van der Waals surface area (Å²) in [6.45, 7) is 4.16. The van der Waals surface area contributed by atoms with Crippen molar-refractivity contribution < 1.29 is 17.6 Å². The van der Waals surface area contributed by atoms with Gasteiger partial charge in [0.15, 0.2) is 0 Å². The van der Waals surface area contributed by atoms with Gasteiger partial charge >= 0.3 is 0 Å². The van der Waals surface area contributed by atoms with Crippen molar-refractivity contribution in [3.63, 3.8) is 0 Å². The first-order valence-electron chi connectivity index (χ1n) is 9.52. The van der Waals surface area contributed by atoms with Crippen molar-refractivity contribution >= 4 is 33.2 Å².